The quantitative estimate of drug-likeness (QED) is 0.735. The van der Waals surface area contributed by atoms with Crippen molar-refractivity contribution in [3.05, 3.63) is 35.9 Å². The molecule has 0 aromatic heterocycles. The molecule has 140 valence electrons. The summed E-state index contributed by atoms with van der Waals surface area (Å²) in [4.78, 5) is 12.0. The number of rotatable bonds is 6. The Labute approximate surface area is 151 Å². The third-order valence-electron chi connectivity index (χ3n) is 4.48. The topological polar surface area (TPSA) is 70.6 Å². The molecule has 1 fully saturated rings. The summed E-state index contributed by atoms with van der Waals surface area (Å²) in [5, 5.41) is 16.9. The van der Waals surface area contributed by atoms with Gasteiger partial charge in [0.05, 0.1) is 6.10 Å². The lowest BCUT2D eigenvalue weighted by Crippen LogP contribution is -2.50. The molecule has 0 heterocycles. The fraction of sp³-hybridized carbons (Fsp3) is 0.650. The number of carbonyl (C=O) groups excluding carboxylic acids is 1. The number of carbonyl (C=O) groups is 1. The minimum Gasteiger partial charge on any atom is -0.444 e. The van der Waals surface area contributed by atoms with Crippen molar-refractivity contribution in [1.29, 1.82) is 0 Å². The lowest BCUT2D eigenvalue weighted by atomic mass is 10.0. The van der Waals surface area contributed by atoms with E-state index in [0.29, 0.717) is 6.42 Å². The predicted molar refractivity (Wildman–Crippen MR) is 99.4 cm³/mol. The molecule has 4 atom stereocenters. The molecule has 0 radical (unpaired) electrons. The number of amides is 1. The lowest BCUT2D eigenvalue weighted by Gasteiger charge is -2.28. The Balaban J connectivity index is 1.82. The lowest BCUT2D eigenvalue weighted by molar-refractivity contribution is 0.0495. The van der Waals surface area contributed by atoms with Crippen molar-refractivity contribution in [2.24, 2.45) is 0 Å². The number of ether oxygens (including phenoxy) is 1. The van der Waals surface area contributed by atoms with Gasteiger partial charge in [0, 0.05) is 18.1 Å². The van der Waals surface area contributed by atoms with Crippen molar-refractivity contribution in [3.63, 3.8) is 0 Å². The van der Waals surface area contributed by atoms with Crippen LogP contribution in [-0.4, -0.2) is 34.9 Å². The summed E-state index contributed by atoms with van der Waals surface area (Å²) in [7, 11) is 0. The van der Waals surface area contributed by atoms with Crippen LogP contribution < -0.4 is 10.6 Å². The van der Waals surface area contributed by atoms with E-state index in [2.05, 4.69) is 17.6 Å². The van der Waals surface area contributed by atoms with E-state index in [-0.39, 0.29) is 24.2 Å². The molecular formula is C20H32N2O3. The first-order valence-electron chi connectivity index (χ1n) is 9.23. The summed E-state index contributed by atoms with van der Waals surface area (Å²) in [6.07, 6.45) is 2.84. The highest BCUT2D eigenvalue weighted by Crippen LogP contribution is 2.23. The molecule has 0 spiro atoms. The van der Waals surface area contributed by atoms with E-state index in [1.165, 1.54) is 0 Å². The maximum Gasteiger partial charge on any atom is 0.407 e. The summed E-state index contributed by atoms with van der Waals surface area (Å²) < 4.78 is 5.36. The van der Waals surface area contributed by atoms with Gasteiger partial charge in [0.2, 0.25) is 0 Å². The van der Waals surface area contributed by atoms with Gasteiger partial charge in [0.1, 0.15) is 5.60 Å². The van der Waals surface area contributed by atoms with Crippen molar-refractivity contribution >= 4 is 6.09 Å². The Morgan fingerprint density at radius 3 is 2.52 bits per heavy atom. The number of aliphatic hydroxyl groups is 1. The third-order valence-corrected chi connectivity index (χ3v) is 4.48. The largest absolute Gasteiger partial charge is 0.444 e. The molecule has 5 nitrogen and oxygen atoms in total. The van der Waals surface area contributed by atoms with Crippen molar-refractivity contribution in [2.75, 3.05) is 0 Å². The van der Waals surface area contributed by atoms with Gasteiger partial charge in [-0.3, -0.25) is 0 Å². The van der Waals surface area contributed by atoms with Crippen molar-refractivity contribution in [1.82, 2.24) is 10.6 Å². The van der Waals surface area contributed by atoms with E-state index in [1.807, 2.05) is 51.1 Å². The summed E-state index contributed by atoms with van der Waals surface area (Å²) in [5.74, 6) is 0. The Kier molecular flexibility index (Phi) is 6.85. The van der Waals surface area contributed by atoms with E-state index in [1.54, 1.807) is 0 Å². The minimum absolute atomic E-state index is 0.0752. The van der Waals surface area contributed by atoms with Crippen LogP contribution in [0.1, 0.15) is 65.0 Å². The van der Waals surface area contributed by atoms with Crippen LogP contribution >= 0.6 is 0 Å². The van der Waals surface area contributed by atoms with Gasteiger partial charge < -0.3 is 20.5 Å². The van der Waals surface area contributed by atoms with Gasteiger partial charge in [-0.05, 0) is 58.9 Å². The fourth-order valence-electron chi connectivity index (χ4n) is 3.37. The number of aliphatic hydroxyl groups excluding tert-OH is 1. The number of nitrogens with one attached hydrogen (secondary N) is 2. The molecular weight excluding hydrogens is 316 g/mol. The predicted octanol–water partition coefficient (Wildman–Crippen LogP) is 3.53. The molecule has 25 heavy (non-hydrogen) atoms. The van der Waals surface area contributed by atoms with Crippen LogP contribution in [0, 0.1) is 0 Å². The Morgan fingerprint density at radius 1 is 1.24 bits per heavy atom. The van der Waals surface area contributed by atoms with Crippen molar-refractivity contribution < 1.29 is 14.6 Å². The fourth-order valence-corrected chi connectivity index (χ4v) is 3.37. The molecule has 5 heteroatoms. The zero-order chi connectivity index (χ0) is 18.4. The van der Waals surface area contributed by atoms with E-state index >= 15 is 0 Å². The highest BCUT2D eigenvalue weighted by molar-refractivity contribution is 5.68. The SMILES string of the molecule is C[C@H](C[C@H](O)c1ccccc1)N[C@H]1CCC[C@@H]1NC(=O)OC(C)(C)C. The molecule has 0 unspecified atom stereocenters. The monoisotopic (exact) mass is 348 g/mol. The summed E-state index contributed by atoms with van der Waals surface area (Å²) >= 11 is 0. The molecule has 3 N–H and O–H groups in total. The van der Waals surface area contributed by atoms with Crippen molar-refractivity contribution in [3.8, 4) is 0 Å². The van der Waals surface area contributed by atoms with Gasteiger partial charge in [-0.2, -0.15) is 0 Å². The van der Waals surface area contributed by atoms with Gasteiger partial charge in [0.25, 0.3) is 0 Å². The molecule has 1 aromatic carbocycles. The zero-order valence-electron chi connectivity index (χ0n) is 15.8. The smallest absolute Gasteiger partial charge is 0.407 e. The van der Waals surface area contributed by atoms with Gasteiger partial charge in [0.15, 0.2) is 0 Å². The molecule has 1 saturated carbocycles. The third kappa shape index (κ3) is 6.67. The normalized spacial score (nSPS) is 23.1. The van der Waals surface area contributed by atoms with Crippen LogP contribution in [-0.2, 0) is 4.74 Å². The zero-order valence-corrected chi connectivity index (χ0v) is 15.8. The van der Waals surface area contributed by atoms with Crippen LogP contribution in [0.15, 0.2) is 30.3 Å². The number of hydrogen-bond acceptors (Lipinski definition) is 4. The molecule has 2 rings (SSSR count). The van der Waals surface area contributed by atoms with Crippen LogP contribution in [0.5, 0.6) is 0 Å². The van der Waals surface area contributed by atoms with Gasteiger partial charge in [-0.1, -0.05) is 30.3 Å². The highest BCUT2D eigenvalue weighted by atomic mass is 16.6. The highest BCUT2D eigenvalue weighted by Gasteiger charge is 2.31. The molecule has 0 saturated heterocycles. The second-order valence-corrected chi connectivity index (χ2v) is 8.02. The standard InChI is InChI=1S/C20H32N2O3/c1-14(13-18(23)15-9-6-5-7-10-15)21-16-11-8-12-17(16)22-19(24)25-20(2,3)4/h5-7,9-10,14,16-18,21,23H,8,11-13H2,1-4H3,(H,22,24)/t14-,16+,17+,18+/m1/s1. The second-order valence-electron chi connectivity index (χ2n) is 8.02. The average Bonchev–Trinajstić information content (AvgIpc) is 2.92. The molecule has 0 aliphatic heterocycles. The summed E-state index contributed by atoms with van der Waals surface area (Å²) in [5.41, 5.74) is 0.449. The first kappa shape index (κ1) is 19.7. The first-order chi connectivity index (χ1) is 11.7. The summed E-state index contributed by atoms with van der Waals surface area (Å²) in [6.45, 7) is 7.67. The first-order valence-corrected chi connectivity index (χ1v) is 9.23. The maximum atomic E-state index is 12.0. The minimum atomic E-state index is -0.487. The van der Waals surface area contributed by atoms with Crippen molar-refractivity contribution in [2.45, 2.75) is 83.2 Å². The van der Waals surface area contributed by atoms with E-state index in [4.69, 9.17) is 4.74 Å². The maximum absolute atomic E-state index is 12.0. The number of alkyl carbamates (subject to hydrolysis) is 1. The molecule has 0 bridgehead atoms. The van der Waals surface area contributed by atoms with E-state index in [9.17, 15) is 9.90 Å². The van der Waals surface area contributed by atoms with Crippen LogP contribution in [0.3, 0.4) is 0 Å². The van der Waals surface area contributed by atoms with Crippen LogP contribution in [0.2, 0.25) is 0 Å². The van der Waals surface area contributed by atoms with E-state index in [0.717, 1.165) is 24.8 Å². The average molecular weight is 348 g/mol. The number of benzene rings is 1. The van der Waals surface area contributed by atoms with Crippen LogP contribution in [0.25, 0.3) is 0 Å². The second kappa shape index (κ2) is 8.68. The van der Waals surface area contributed by atoms with Crippen LogP contribution in [0.4, 0.5) is 4.79 Å². The molecule has 1 aliphatic carbocycles. The van der Waals surface area contributed by atoms with Gasteiger partial charge >= 0.3 is 6.09 Å². The number of hydrogen-bond donors (Lipinski definition) is 3. The Bertz CT molecular complexity index is 542. The molecule has 1 aromatic rings. The van der Waals surface area contributed by atoms with E-state index < -0.39 is 11.7 Å². The Morgan fingerprint density at radius 2 is 1.88 bits per heavy atom. The summed E-state index contributed by atoms with van der Waals surface area (Å²) in [6, 6.07) is 10.2. The Hall–Kier alpha value is -1.59. The molecule has 1 aliphatic rings. The van der Waals surface area contributed by atoms with Gasteiger partial charge in [-0.15, -0.1) is 0 Å². The van der Waals surface area contributed by atoms with Gasteiger partial charge in [-0.25, -0.2) is 4.79 Å². The molecule has 1 amide bonds.